The predicted molar refractivity (Wildman–Crippen MR) is 83.0 cm³/mol. The summed E-state index contributed by atoms with van der Waals surface area (Å²) < 4.78 is 21.9. The number of quaternary nitrogens is 1. The van der Waals surface area contributed by atoms with Gasteiger partial charge in [-0.2, -0.15) is 0 Å². The summed E-state index contributed by atoms with van der Waals surface area (Å²) in [6.07, 6.45) is 0.447. The van der Waals surface area contributed by atoms with E-state index in [9.17, 15) is 4.79 Å². The van der Waals surface area contributed by atoms with Crippen molar-refractivity contribution in [3.8, 4) is 11.5 Å². The SMILES string of the molecule is C[C@@H]1C[NH+](Cc2cc(=O)oc3cc4c(cc23)OCO4)C[C@H](C)O1. The van der Waals surface area contributed by atoms with Gasteiger partial charge < -0.3 is 23.5 Å². The molecule has 2 aromatic rings. The zero-order chi connectivity index (χ0) is 16.0. The Hall–Kier alpha value is -2.05. The van der Waals surface area contributed by atoms with Gasteiger partial charge in [-0.05, 0) is 19.9 Å². The molecule has 3 heterocycles. The molecule has 1 fully saturated rings. The van der Waals surface area contributed by atoms with Crippen LogP contribution in [0.25, 0.3) is 11.0 Å². The maximum atomic E-state index is 11.9. The third-order valence-corrected chi connectivity index (χ3v) is 4.38. The fourth-order valence-electron chi connectivity index (χ4n) is 3.57. The first-order valence-electron chi connectivity index (χ1n) is 7.94. The molecule has 0 saturated carbocycles. The van der Waals surface area contributed by atoms with Crippen LogP contribution in [0.4, 0.5) is 0 Å². The molecule has 2 aliphatic rings. The van der Waals surface area contributed by atoms with Crippen molar-refractivity contribution >= 4 is 11.0 Å². The first-order chi connectivity index (χ1) is 11.1. The summed E-state index contributed by atoms with van der Waals surface area (Å²) in [5, 5.41) is 0.910. The van der Waals surface area contributed by atoms with E-state index in [1.807, 2.05) is 6.07 Å². The van der Waals surface area contributed by atoms with E-state index in [1.165, 1.54) is 4.90 Å². The zero-order valence-electron chi connectivity index (χ0n) is 13.3. The minimum atomic E-state index is -0.333. The fourth-order valence-corrected chi connectivity index (χ4v) is 3.57. The maximum Gasteiger partial charge on any atom is 0.336 e. The number of benzene rings is 1. The molecule has 1 N–H and O–H groups in total. The van der Waals surface area contributed by atoms with Crippen LogP contribution in [0, 0.1) is 0 Å². The maximum absolute atomic E-state index is 11.9. The third-order valence-electron chi connectivity index (χ3n) is 4.38. The van der Waals surface area contributed by atoms with Gasteiger partial charge in [-0.3, -0.25) is 0 Å². The summed E-state index contributed by atoms with van der Waals surface area (Å²) in [6.45, 7) is 7.00. The molecule has 0 radical (unpaired) electrons. The Morgan fingerprint density at radius 2 is 1.78 bits per heavy atom. The summed E-state index contributed by atoms with van der Waals surface area (Å²) in [5.74, 6) is 1.32. The first-order valence-corrected chi connectivity index (χ1v) is 7.94. The standard InChI is InChI=1S/C17H19NO5/c1-10-6-18(7-11(2)22-10)8-12-3-17(19)23-14-5-16-15(4-13(12)14)20-9-21-16/h3-5,10-11H,6-9H2,1-2H3/p+1/t10-,11+. The fraction of sp³-hybridized carbons (Fsp3) is 0.471. The molecule has 2 aliphatic heterocycles. The lowest BCUT2D eigenvalue weighted by molar-refractivity contribution is -0.928. The minimum absolute atomic E-state index is 0.203. The molecule has 0 amide bonds. The van der Waals surface area contributed by atoms with Crippen LogP contribution in [-0.4, -0.2) is 32.1 Å². The molecule has 1 aromatic heterocycles. The molecule has 0 bridgehead atoms. The van der Waals surface area contributed by atoms with Gasteiger partial charge in [0.25, 0.3) is 0 Å². The Balaban J connectivity index is 1.72. The molecule has 122 valence electrons. The third kappa shape index (κ3) is 2.80. The van der Waals surface area contributed by atoms with Gasteiger partial charge in [-0.1, -0.05) is 0 Å². The Bertz CT molecular complexity index is 789. The summed E-state index contributed by atoms with van der Waals surface area (Å²) >= 11 is 0. The van der Waals surface area contributed by atoms with Crippen molar-refractivity contribution in [1.29, 1.82) is 0 Å². The Morgan fingerprint density at radius 3 is 2.52 bits per heavy atom. The van der Waals surface area contributed by atoms with Crippen LogP contribution in [0.5, 0.6) is 11.5 Å². The van der Waals surface area contributed by atoms with E-state index in [1.54, 1.807) is 12.1 Å². The van der Waals surface area contributed by atoms with Crippen molar-refractivity contribution in [3.63, 3.8) is 0 Å². The van der Waals surface area contributed by atoms with Crippen LogP contribution in [-0.2, 0) is 11.3 Å². The van der Waals surface area contributed by atoms with Gasteiger partial charge in [0.2, 0.25) is 6.79 Å². The molecule has 6 heteroatoms. The van der Waals surface area contributed by atoms with E-state index in [2.05, 4.69) is 13.8 Å². The second kappa shape index (κ2) is 5.54. The van der Waals surface area contributed by atoms with Gasteiger partial charge >= 0.3 is 5.63 Å². The number of morpholine rings is 1. The number of ether oxygens (including phenoxy) is 3. The lowest BCUT2D eigenvalue weighted by Crippen LogP contribution is -3.14. The van der Waals surface area contributed by atoms with Gasteiger partial charge in [0.1, 0.15) is 37.4 Å². The monoisotopic (exact) mass is 318 g/mol. The van der Waals surface area contributed by atoms with Crippen LogP contribution in [0.3, 0.4) is 0 Å². The summed E-state index contributed by atoms with van der Waals surface area (Å²) in [7, 11) is 0. The Morgan fingerprint density at radius 1 is 1.09 bits per heavy atom. The van der Waals surface area contributed by atoms with Crippen LogP contribution >= 0.6 is 0 Å². The number of fused-ring (bicyclic) bond motifs is 2. The number of nitrogens with one attached hydrogen (secondary N) is 1. The molecule has 4 rings (SSSR count). The van der Waals surface area contributed by atoms with Crippen molar-refractivity contribution in [1.82, 2.24) is 0 Å². The molecule has 0 aliphatic carbocycles. The topological polar surface area (TPSA) is 62.3 Å². The van der Waals surface area contributed by atoms with Crippen LogP contribution in [0.2, 0.25) is 0 Å². The number of rotatable bonds is 2. The van der Waals surface area contributed by atoms with E-state index in [0.717, 1.165) is 30.6 Å². The highest BCUT2D eigenvalue weighted by molar-refractivity contribution is 5.84. The highest BCUT2D eigenvalue weighted by Gasteiger charge is 2.27. The largest absolute Gasteiger partial charge is 0.454 e. The van der Waals surface area contributed by atoms with Crippen LogP contribution < -0.4 is 20.0 Å². The van der Waals surface area contributed by atoms with Crippen molar-refractivity contribution in [2.45, 2.75) is 32.6 Å². The summed E-state index contributed by atoms with van der Waals surface area (Å²) in [6, 6.07) is 5.23. The van der Waals surface area contributed by atoms with Crippen molar-refractivity contribution in [2.24, 2.45) is 0 Å². The molecular weight excluding hydrogens is 298 g/mol. The van der Waals surface area contributed by atoms with Crippen molar-refractivity contribution in [2.75, 3.05) is 19.9 Å². The molecule has 23 heavy (non-hydrogen) atoms. The number of hydrogen-bond donors (Lipinski definition) is 1. The van der Waals surface area contributed by atoms with Gasteiger partial charge in [0, 0.05) is 23.1 Å². The normalized spacial score (nSPS) is 26.6. The van der Waals surface area contributed by atoms with Crippen LogP contribution in [0.1, 0.15) is 19.4 Å². The van der Waals surface area contributed by atoms with Gasteiger partial charge in [0.15, 0.2) is 11.5 Å². The minimum Gasteiger partial charge on any atom is -0.454 e. The highest BCUT2D eigenvalue weighted by atomic mass is 16.7. The van der Waals surface area contributed by atoms with E-state index >= 15 is 0 Å². The second-order valence-electron chi connectivity index (χ2n) is 6.38. The van der Waals surface area contributed by atoms with Gasteiger partial charge in [-0.25, -0.2) is 4.79 Å². The van der Waals surface area contributed by atoms with Crippen molar-refractivity contribution in [3.05, 3.63) is 34.2 Å². The van der Waals surface area contributed by atoms with Gasteiger partial charge in [0.05, 0.1) is 0 Å². The lowest BCUT2D eigenvalue weighted by atomic mass is 10.1. The van der Waals surface area contributed by atoms with Crippen molar-refractivity contribution < 1.29 is 23.5 Å². The van der Waals surface area contributed by atoms with Gasteiger partial charge in [-0.15, -0.1) is 0 Å². The average molecular weight is 318 g/mol. The smallest absolute Gasteiger partial charge is 0.336 e. The molecule has 0 spiro atoms. The van der Waals surface area contributed by atoms with Crippen LogP contribution in [0.15, 0.2) is 27.4 Å². The summed E-state index contributed by atoms with van der Waals surface area (Å²) in [4.78, 5) is 13.3. The molecule has 1 saturated heterocycles. The Labute approximate surface area is 133 Å². The molecule has 6 nitrogen and oxygen atoms in total. The Kier molecular flexibility index (Phi) is 3.50. The second-order valence-corrected chi connectivity index (χ2v) is 6.38. The van der Waals surface area contributed by atoms with E-state index in [4.69, 9.17) is 18.6 Å². The highest BCUT2D eigenvalue weighted by Crippen LogP contribution is 2.36. The number of hydrogen-bond acceptors (Lipinski definition) is 5. The predicted octanol–water partition coefficient (Wildman–Crippen LogP) is 0.714. The molecule has 3 atom stereocenters. The van der Waals surface area contributed by atoms with E-state index in [-0.39, 0.29) is 24.6 Å². The quantitative estimate of drug-likeness (QED) is 0.827. The molecule has 1 aromatic carbocycles. The van der Waals surface area contributed by atoms with E-state index < -0.39 is 0 Å². The first kappa shape index (κ1) is 14.5. The zero-order valence-corrected chi connectivity index (χ0v) is 13.3. The molecule has 1 unspecified atom stereocenters. The summed E-state index contributed by atoms with van der Waals surface area (Å²) in [5.41, 5.74) is 1.19. The average Bonchev–Trinajstić information content (AvgIpc) is 2.91. The van der Waals surface area contributed by atoms with E-state index in [0.29, 0.717) is 17.1 Å². The lowest BCUT2D eigenvalue weighted by Gasteiger charge is -2.32. The molecular formula is C17H20NO5+.